The number of carbonyl (C=O) groups excluding carboxylic acids is 1. The first-order valence-corrected chi connectivity index (χ1v) is 6.48. The summed E-state index contributed by atoms with van der Waals surface area (Å²) in [5.41, 5.74) is -0.513. The molecule has 0 aromatic carbocycles. The Bertz CT molecular complexity index is 408. The summed E-state index contributed by atoms with van der Waals surface area (Å²) in [4.78, 5) is 13.9. The summed E-state index contributed by atoms with van der Waals surface area (Å²) in [5, 5.41) is 12.9. The summed E-state index contributed by atoms with van der Waals surface area (Å²) in [6, 6.07) is 1.88. The molecule has 1 rings (SSSR count). The molecule has 1 aromatic heterocycles. The fourth-order valence-corrected chi connectivity index (χ4v) is 2.11. The third kappa shape index (κ3) is 3.07. The molecule has 0 aliphatic rings. The molecule has 0 atom stereocenters. The zero-order valence-electron chi connectivity index (χ0n) is 11.3. The van der Waals surface area contributed by atoms with Crippen LogP contribution in [0.1, 0.15) is 47.8 Å². The first kappa shape index (κ1) is 14.2. The van der Waals surface area contributed by atoms with Gasteiger partial charge in [-0.1, -0.05) is 0 Å². The molecule has 4 heteroatoms. The standard InChI is InChI=1S/C13H21NO2S/c1-8-7-10(17-9(8)2)11(15)14-12(3,4)13(5,6)16/h7,16H,1-6H3,(H,14,15). The maximum atomic E-state index is 12.1. The molecule has 1 amide bonds. The summed E-state index contributed by atoms with van der Waals surface area (Å²) < 4.78 is 0. The lowest BCUT2D eigenvalue weighted by Crippen LogP contribution is -2.57. The highest BCUT2D eigenvalue weighted by atomic mass is 32.1. The zero-order chi connectivity index (χ0) is 13.4. The summed E-state index contributed by atoms with van der Waals surface area (Å²) in [7, 11) is 0. The lowest BCUT2D eigenvalue weighted by atomic mass is 9.86. The Morgan fingerprint density at radius 1 is 1.29 bits per heavy atom. The zero-order valence-corrected chi connectivity index (χ0v) is 12.2. The maximum absolute atomic E-state index is 12.1. The number of nitrogens with one attached hydrogen (secondary N) is 1. The van der Waals surface area contributed by atoms with Crippen molar-refractivity contribution < 1.29 is 9.90 Å². The van der Waals surface area contributed by atoms with Crippen molar-refractivity contribution in [3.8, 4) is 0 Å². The van der Waals surface area contributed by atoms with E-state index in [9.17, 15) is 9.90 Å². The van der Waals surface area contributed by atoms with Gasteiger partial charge in [0.05, 0.1) is 16.0 Å². The second-order valence-electron chi connectivity index (χ2n) is 5.49. The van der Waals surface area contributed by atoms with E-state index < -0.39 is 11.1 Å². The second kappa shape index (κ2) is 4.42. The SMILES string of the molecule is Cc1cc(C(=O)NC(C)(C)C(C)(C)O)sc1C. The number of rotatable bonds is 3. The normalized spacial score (nSPS) is 12.6. The van der Waals surface area contributed by atoms with Crippen LogP contribution >= 0.6 is 11.3 Å². The molecular formula is C13H21NO2S. The third-order valence-corrected chi connectivity index (χ3v) is 4.50. The molecule has 1 heterocycles. The summed E-state index contributed by atoms with van der Waals surface area (Å²) in [6.45, 7) is 11.0. The molecule has 2 N–H and O–H groups in total. The fraction of sp³-hybridized carbons (Fsp3) is 0.615. The maximum Gasteiger partial charge on any atom is 0.261 e. The van der Waals surface area contributed by atoms with Gasteiger partial charge in [-0.25, -0.2) is 0 Å². The minimum absolute atomic E-state index is 0.127. The Morgan fingerprint density at radius 3 is 2.18 bits per heavy atom. The summed E-state index contributed by atoms with van der Waals surface area (Å²) in [6.07, 6.45) is 0. The molecule has 0 radical (unpaired) electrons. The molecule has 0 unspecified atom stereocenters. The quantitative estimate of drug-likeness (QED) is 0.872. The first-order valence-electron chi connectivity index (χ1n) is 5.66. The van der Waals surface area contributed by atoms with Gasteiger partial charge in [-0.2, -0.15) is 0 Å². The monoisotopic (exact) mass is 255 g/mol. The van der Waals surface area contributed by atoms with Gasteiger partial charge in [0, 0.05) is 4.88 Å². The second-order valence-corrected chi connectivity index (χ2v) is 6.74. The molecule has 1 aromatic rings. The van der Waals surface area contributed by atoms with Crippen molar-refractivity contribution in [2.75, 3.05) is 0 Å². The van der Waals surface area contributed by atoms with Crippen LogP contribution < -0.4 is 5.32 Å². The van der Waals surface area contributed by atoms with Gasteiger partial charge in [0.1, 0.15) is 0 Å². The number of amides is 1. The van der Waals surface area contributed by atoms with Crippen LogP contribution in [-0.2, 0) is 0 Å². The highest BCUT2D eigenvalue weighted by molar-refractivity contribution is 7.14. The average molecular weight is 255 g/mol. The lowest BCUT2D eigenvalue weighted by Gasteiger charge is -2.37. The van der Waals surface area contributed by atoms with E-state index in [2.05, 4.69) is 5.32 Å². The van der Waals surface area contributed by atoms with E-state index in [0.29, 0.717) is 4.88 Å². The van der Waals surface area contributed by atoms with Gasteiger partial charge >= 0.3 is 0 Å². The van der Waals surface area contributed by atoms with Crippen LogP contribution in [0, 0.1) is 13.8 Å². The molecule has 0 fully saturated rings. The highest BCUT2D eigenvalue weighted by Crippen LogP contribution is 2.24. The molecule has 0 bridgehead atoms. The van der Waals surface area contributed by atoms with Crippen molar-refractivity contribution in [3.63, 3.8) is 0 Å². The minimum Gasteiger partial charge on any atom is -0.388 e. The molecular weight excluding hydrogens is 234 g/mol. The van der Waals surface area contributed by atoms with Crippen molar-refractivity contribution in [2.45, 2.75) is 52.7 Å². The summed E-state index contributed by atoms with van der Waals surface area (Å²) >= 11 is 1.48. The largest absolute Gasteiger partial charge is 0.388 e. The van der Waals surface area contributed by atoms with Crippen LogP contribution in [0.4, 0.5) is 0 Å². The smallest absolute Gasteiger partial charge is 0.261 e. The minimum atomic E-state index is -0.968. The number of hydrogen-bond acceptors (Lipinski definition) is 3. The Morgan fingerprint density at radius 2 is 1.82 bits per heavy atom. The Kier molecular flexibility index (Phi) is 3.69. The van der Waals surface area contributed by atoms with Crippen LogP contribution in [0.15, 0.2) is 6.07 Å². The highest BCUT2D eigenvalue weighted by Gasteiger charge is 2.36. The van der Waals surface area contributed by atoms with Crippen LogP contribution in [0.25, 0.3) is 0 Å². The molecule has 96 valence electrons. The average Bonchev–Trinajstić information content (AvgIpc) is 2.44. The van der Waals surface area contributed by atoms with Gasteiger partial charge < -0.3 is 10.4 Å². The van der Waals surface area contributed by atoms with E-state index in [1.54, 1.807) is 13.8 Å². The first-order chi connectivity index (χ1) is 7.54. The van der Waals surface area contributed by atoms with E-state index in [-0.39, 0.29) is 5.91 Å². The molecule has 0 saturated carbocycles. The van der Waals surface area contributed by atoms with Gasteiger partial charge in [-0.05, 0) is 53.2 Å². The topological polar surface area (TPSA) is 49.3 Å². The Hall–Kier alpha value is -0.870. The molecule has 0 spiro atoms. The van der Waals surface area contributed by atoms with E-state index in [1.165, 1.54) is 11.3 Å². The molecule has 0 saturated heterocycles. The van der Waals surface area contributed by atoms with Gasteiger partial charge in [0.2, 0.25) is 0 Å². The Balaban J connectivity index is 2.87. The van der Waals surface area contributed by atoms with Crippen LogP contribution in [0.3, 0.4) is 0 Å². The number of thiophene rings is 1. The van der Waals surface area contributed by atoms with Gasteiger partial charge in [-0.15, -0.1) is 11.3 Å². The van der Waals surface area contributed by atoms with Crippen LogP contribution in [0.2, 0.25) is 0 Å². The lowest BCUT2D eigenvalue weighted by molar-refractivity contribution is -0.00284. The van der Waals surface area contributed by atoms with Crippen LogP contribution in [-0.4, -0.2) is 22.2 Å². The number of carbonyl (C=O) groups is 1. The van der Waals surface area contributed by atoms with Crippen molar-refractivity contribution in [2.24, 2.45) is 0 Å². The number of aliphatic hydroxyl groups is 1. The predicted octanol–water partition coefficient (Wildman–Crippen LogP) is 2.64. The number of aryl methyl sites for hydroxylation is 2. The predicted molar refractivity (Wildman–Crippen MR) is 71.6 cm³/mol. The van der Waals surface area contributed by atoms with E-state index in [1.807, 2.05) is 33.8 Å². The number of hydrogen-bond donors (Lipinski definition) is 2. The van der Waals surface area contributed by atoms with Crippen molar-refractivity contribution in [1.82, 2.24) is 5.32 Å². The molecule has 3 nitrogen and oxygen atoms in total. The van der Waals surface area contributed by atoms with E-state index in [0.717, 1.165) is 10.4 Å². The van der Waals surface area contributed by atoms with Crippen molar-refractivity contribution >= 4 is 17.2 Å². The van der Waals surface area contributed by atoms with Crippen molar-refractivity contribution in [3.05, 3.63) is 21.4 Å². The molecule has 17 heavy (non-hydrogen) atoms. The Labute approximate surface area is 107 Å². The van der Waals surface area contributed by atoms with Gasteiger partial charge in [0.25, 0.3) is 5.91 Å². The van der Waals surface area contributed by atoms with Gasteiger partial charge in [0.15, 0.2) is 0 Å². The molecule has 0 aliphatic carbocycles. The molecule has 0 aliphatic heterocycles. The van der Waals surface area contributed by atoms with E-state index in [4.69, 9.17) is 0 Å². The van der Waals surface area contributed by atoms with Gasteiger partial charge in [-0.3, -0.25) is 4.79 Å². The fourth-order valence-electron chi connectivity index (χ4n) is 1.18. The van der Waals surface area contributed by atoms with E-state index >= 15 is 0 Å². The van der Waals surface area contributed by atoms with Crippen molar-refractivity contribution in [1.29, 1.82) is 0 Å². The summed E-state index contributed by atoms with van der Waals surface area (Å²) in [5.74, 6) is -0.127. The van der Waals surface area contributed by atoms with Crippen LogP contribution in [0.5, 0.6) is 0 Å². The third-order valence-electron chi connectivity index (χ3n) is 3.35.